The molecule has 2 N–H and O–H groups in total. The minimum atomic E-state index is -4.70. The number of amides is 1. The zero-order valence-electron chi connectivity index (χ0n) is 20.3. The van der Waals surface area contributed by atoms with Gasteiger partial charge >= 0.3 is 6.18 Å². The Balaban J connectivity index is 1.65. The number of nitrogens with two attached hydrogens (primary N) is 1. The quantitative estimate of drug-likeness (QED) is 0.193. The van der Waals surface area contributed by atoms with Crippen LogP contribution in [-0.2, 0) is 11.2 Å². The number of aromatic nitrogens is 2. The Kier molecular flexibility index (Phi) is 7.86. The molecule has 1 aromatic heterocycles. The highest BCUT2D eigenvalue weighted by atomic mass is 79.9. The second kappa shape index (κ2) is 10.9. The van der Waals surface area contributed by atoms with Crippen LogP contribution in [0.3, 0.4) is 0 Å². The van der Waals surface area contributed by atoms with Gasteiger partial charge in [0.25, 0.3) is 5.91 Å². The van der Waals surface area contributed by atoms with E-state index in [4.69, 9.17) is 10.6 Å². The second-order valence-corrected chi connectivity index (χ2v) is 9.41. The summed E-state index contributed by atoms with van der Waals surface area (Å²) in [5.41, 5.74) is 2.07. The van der Waals surface area contributed by atoms with E-state index < -0.39 is 30.5 Å². The predicted molar refractivity (Wildman–Crippen MR) is 139 cm³/mol. The van der Waals surface area contributed by atoms with Gasteiger partial charge in [0.2, 0.25) is 0 Å². The summed E-state index contributed by atoms with van der Waals surface area (Å²) in [6.07, 6.45) is -0.0249. The average Bonchev–Trinajstić information content (AvgIpc) is 3.26. The molecule has 4 rings (SSSR count). The Morgan fingerprint density at radius 3 is 2.66 bits per heavy atom. The van der Waals surface area contributed by atoms with Gasteiger partial charge in [-0.05, 0) is 60.0 Å². The third-order valence-electron chi connectivity index (χ3n) is 6.00. The van der Waals surface area contributed by atoms with Crippen LogP contribution in [0.5, 0.6) is 5.75 Å². The number of methoxy groups -OCH3 is 1. The fourth-order valence-corrected chi connectivity index (χ4v) is 4.57. The van der Waals surface area contributed by atoms with Crippen LogP contribution >= 0.6 is 15.9 Å². The molecule has 3 aromatic rings. The van der Waals surface area contributed by atoms with Gasteiger partial charge in [0.1, 0.15) is 29.9 Å². The summed E-state index contributed by atoms with van der Waals surface area (Å²) in [5, 5.41) is 3.74. The highest BCUT2D eigenvalue weighted by molar-refractivity contribution is 9.10. The van der Waals surface area contributed by atoms with Crippen molar-refractivity contribution in [3.05, 3.63) is 70.0 Å². The zero-order chi connectivity index (χ0) is 27.6. The predicted octanol–water partition coefficient (Wildman–Crippen LogP) is 4.73. The van der Waals surface area contributed by atoms with Crippen LogP contribution in [0.2, 0.25) is 0 Å². The number of hydrazone groups is 1. The molecule has 1 atom stereocenters. The number of carbonyl (C=O) groups excluding carboxylic acids is 1. The second-order valence-electron chi connectivity index (χ2n) is 8.55. The molecule has 1 amide bonds. The van der Waals surface area contributed by atoms with Crippen LogP contribution in [0, 0.1) is 12.7 Å². The van der Waals surface area contributed by atoms with E-state index in [1.807, 2.05) is 13.1 Å². The minimum absolute atomic E-state index is 0.00462. The Bertz CT molecular complexity index is 1420. The van der Waals surface area contributed by atoms with E-state index in [-0.39, 0.29) is 34.3 Å². The summed E-state index contributed by atoms with van der Waals surface area (Å²) in [6, 6.07) is 6.48. The lowest BCUT2D eigenvalue weighted by molar-refractivity contribution is -0.133. The number of nitrogens with zero attached hydrogens (tertiary/aromatic N) is 5. The summed E-state index contributed by atoms with van der Waals surface area (Å²) in [4.78, 5) is 22.2. The molecule has 0 aliphatic carbocycles. The summed E-state index contributed by atoms with van der Waals surface area (Å²) >= 11 is 3.05. The van der Waals surface area contributed by atoms with Crippen molar-refractivity contribution >= 4 is 39.5 Å². The molecule has 200 valence electrons. The van der Waals surface area contributed by atoms with Crippen molar-refractivity contribution in [2.24, 2.45) is 15.9 Å². The maximum Gasteiger partial charge on any atom is 0.406 e. The number of rotatable bonds is 6. The summed E-state index contributed by atoms with van der Waals surface area (Å²) in [7, 11) is 1.49. The van der Waals surface area contributed by atoms with Crippen molar-refractivity contribution in [2.45, 2.75) is 32.0 Å². The molecule has 0 fully saturated rings. The first kappa shape index (κ1) is 27.3. The number of aryl methyl sites for hydroxylation is 1. The van der Waals surface area contributed by atoms with E-state index in [0.29, 0.717) is 21.9 Å². The first-order valence-electron chi connectivity index (χ1n) is 11.4. The normalized spacial score (nSPS) is 16.6. The number of alkyl halides is 3. The molecule has 2 aromatic carbocycles. The third kappa shape index (κ3) is 5.72. The Morgan fingerprint density at radius 1 is 1.29 bits per heavy atom. The van der Waals surface area contributed by atoms with Crippen LogP contribution in [0.1, 0.15) is 23.2 Å². The van der Waals surface area contributed by atoms with Crippen LogP contribution in [0.15, 0.2) is 57.4 Å². The first-order valence-corrected chi connectivity index (χ1v) is 12.2. The molecule has 8 nitrogen and oxygen atoms in total. The molecule has 0 unspecified atom stereocenters. The smallest absolute Gasteiger partial charge is 0.406 e. The van der Waals surface area contributed by atoms with Crippen molar-refractivity contribution in [3.8, 4) is 11.4 Å². The van der Waals surface area contributed by atoms with Crippen LogP contribution in [0.4, 0.5) is 23.2 Å². The van der Waals surface area contributed by atoms with Gasteiger partial charge in [-0.25, -0.2) is 9.37 Å². The molecule has 2 heterocycles. The van der Waals surface area contributed by atoms with E-state index in [0.717, 1.165) is 5.69 Å². The Morgan fingerprint density at radius 2 is 2.03 bits per heavy atom. The van der Waals surface area contributed by atoms with Crippen LogP contribution < -0.4 is 15.5 Å². The topological polar surface area (TPSA) is 98.1 Å². The van der Waals surface area contributed by atoms with Gasteiger partial charge in [0.05, 0.1) is 41.2 Å². The number of hydrogen-bond donors (Lipinski definition) is 1. The Labute approximate surface area is 223 Å². The van der Waals surface area contributed by atoms with Gasteiger partial charge < -0.3 is 20.0 Å². The molecule has 0 bridgehead atoms. The molecule has 0 radical (unpaired) electrons. The molecule has 0 saturated carbocycles. The zero-order valence-corrected chi connectivity index (χ0v) is 21.9. The molecule has 1 aliphatic heterocycles. The highest BCUT2D eigenvalue weighted by Gasteiger charge is 2.39. The van der Waals surface area contributed by atoms with Crippen molar-refractivity contribution in [2.75, 3.05) is 18.6 Å². The van der Waals surface area contributed by atoms with E-state index in [1.165, 1.54) is 25.5 Å². The monoisotopic (exact) mass is 594 g/mol. The van der Waals surface area contributed by atoms with E-state index in [1.54, 1.807) is 29.1 Å². The van der Waals surface area contributed by atoms with Crippen LogP contribution in [-0.4, -0.2) is 53.3 Å². The van der Waals surface area contributed by atoms with Gasteiger partial charge in [-0.2, -0.15) is 18.3 Å². The number of hydrogen-bond acceptors (Lipinski definition) is 6. The number of halogens is 5. The van der Waals surface area contributed by atoms with Crippen molar-refractivity contribution in [1.29, 1.82) is 0 Å². The van der Waals surface area contributed by atoms with Gasteiger partial charge in [0.15, 0.2) is 0 Å². The van der Waals surface area contributed by atoms with Gasteiger partial charge in [-0.1, -0.05) is 6.07 Å². The highest BCUT2D eigenvalue weighted by Crippen LogP contribution is 2.35. The molecule has 0 spiro atoms. The minimum Gasteiger partial charge on any atom is -0.495 e. The molecule has 0 saturated heterocycles. The molecular weight excluding hydrogens is 572 g/mol. The molecule has 1 aliphatic rings. The molecule has 13 heteroatoms. The van der Waals surface area contributed by atoms with E-state index >= 15 is 0 Å². The SMILES string of the molecule is COc1cc(/C(C=N[C@H]2CCc3c(ccc(Br)c3F)N(CC(F)(F)F)C2=O)=N/N)ccc1-n1cnc(C)c1. The Hall–Kier alpha value is -3.74. The van der Waals surface area contributed by atoms with Crippen molar-refractivity contribution in [1.82, 2.24) is 9.55 Å². The number of aliphatic imine (C=N–C) groups is 1. The molecular formula is C25H23BrF4N6O2. The number of anilines is 1. The number of fused-ring (bicyclic) bond motifs is 1. The lowest BCUT2D eigenvalue weighted by Crippen LogP contribution is -2.43. The fraction of sp³-hybridized carbons (Fsp3) is 0.280. The number of benzene rings is 2. The third-order valence-corrected chi connectivity index (χ3v) is 6.61. The van der Waals surface area contributed by atoms with Crippen molar-refractivity contribution < 1.29 is 27.1 Å². The largest absolute Gasteiger partial charge is 0.495 e. The maximum absolute atomic E-state index is 14.8. The number of ether oxygens (including phenoxy) is 1. The van der Waals surface area contributed by atoms with E-state index in [9.17, 15) is 22.4 Å². The number of carbonyl (C=O) groups is 1. The van der Waals surface area contributed by atoms with Gasteiger partial charge in [-0.15, -0.1) is 0 Å². The summed E-state index contributed by atoms with van der Waals surface area (Å²) in [5.74, 6) is 4.45. The average molecular weight is 595 g/mol. The lowest BCUT2D eigenvalue weighted by Gasteiger charge is -2.26. The molecule has 38 heavy (non-hydrogen) atoms. The lowest BCUT2D eigenvalue weighted by atomic mass is 10.1. The van der Waals surface area contributed by atoms with E-state index in [2.05, 4.69) is 31.0 Å². The summed E-state index contributed by atoms with van der Waals surface area (Å²) in [6.45, 7) is 0.277. The summed E-state index contributed by atoms with van der Waals surface area (Å²) < 4.78 is 62.3. The van der Waals surface area contributed by atoms with Crippen molar-refractivity contribution in [3.63, 3.8) is 0 Å². The fourth-order valence-electron chi connectivity index (χ4n) is 4.20. The number of imidazole rings is 1. The van der Waals surface area contributed by atoms with Crippen LogP contribution in [0.25, 0.3) is 5.69 Å². The first-order chi connectivity index (χ1) is 18.0. The van der Waals surface area contributed by atoms with Gasteiger partial charge in [0, 0.05) is 17.3 Å². The van der Waals surface area contributed by atoms with Gasteiger partial charge in [-0.3, -0.25) is 9.79 Å². The standard InChI is InChI=1S/C25H23BrF4N6O2/c1-14-11-35(13-33-14)21-7-3-15(9-22(21)38-2)19(34-31)10-32-18-6-4-16-20(8-5-17(26)23(16)27)36(24(18)37)12-25(28,29)30/h3,5,7-11,13,18H,4,6,12,31H2,1-2H3/b32-10?,34-19+/t18-/m0/s1. The maximum atomic E-state index is 14.8.